The van der Waals surface area contributed by atoms with Crippen molar-refractivity contribution in [1.82, 2.24) is 25.0 Å². The van der Waals surface area contributed by atoms with Crippen molar-refractivity contribution in [2.75, 3.05) is 43.4 Å². The van der Waals surface area contributed by atoms with Gasteiger partial charge in [-0.15, -0.1) is 0 Å². The maximum Gasteiger partial charge on any atom is 0.326 e. The van der Waals surface area contributed by atoms with Crippen molar-refractivity contribution < 1.29 is 14.7 Å². The van der Waals surface area contributed by atoms with Crippen LogP contribution in [0.4, 0.5) is 11.6 Å². The number of para-hydroxylation sites is 1. The van der Waals surface area contributed by atoms with E-state index in [0.717, 1.165) is 67.6 Å². The summed E-state index contributed by atoms with van der Waals surface area (Å²) in [5.74, 6) is 0.628. The number of unbranched alkanes of at least 4 members (excludes halogenated alkanes) is 1. The molecule has 1 atom stereocenters. The van der Waals surface area contributed by atoms with Crippen molar-refractivity contribution >= 4 is 34.4 Å². The van der Waals surface area contributed by atoms with E-state index in [-0.39, 0.29) is 5.91 Å². The van der Waals surface area contributed by atoms with Crippen LogP contribution in [0.15, 0.2) is 36.4 Å². The molecular weight excluding hydrogens is 482 g/mol. The molecule has 4 rings (SSSR count). The minimum atomic E-state index is -0.909. The molecule has 10 nitrogen and oxygen atoms in total. The van der Waals surface area contributed by atoms with E-state index >= 15 is 0 Å². The zero-order valence-corrected chi connectivity index (χ0v) is 22.4. The lowest BCUT2D eigenvalue weighted by Crippen LogP contribution is -2.39. The van der Waals surface area contributed by atoms with Gasteiger partial charge in [0, 0.05) is 51.2 Å². The summed E-state index contributed by atoms with van der Waals surface area (Å²) in [6.07, 6.45) is 5.50. The number of anilines is 2. The number of fused-ring (bicyclic) bond motifs is 2. The zero-order valence-electron chi connectivity index (χ0n) is 22.4. The molecule has 1 aliphatic rings. The molecule has 0 fully saturated rings. The Morgan fingerprint density at radius 3 is 2.82 bits per heavy atom. The van der Waals surface area contributed by atoms with E-state index in [2.05, 4.69) is 38.1 Å². The Morgan fingerprint density at radius 2 is 2.00 bits per heavy atom. The topological polar surface area (TPSA) is 124 Å². The second kappa shape index (κ2) is 13.2. The number of pyridine rings is 1. The molecular formula is C28H39N7O3. The van der Waals surface area contributed by atoms with Crippen LogP contribution in [-0.4, -0.2) is 75.4 Å². The fourth-order valence-electron chi connectivity index (χ4n) is 4.93. The molecule has 3 aromatic rings. The fraction of sp³-hybridized carbons (Fsp3) is 0.500. The van der Waals surface area contributed by atoms with E-state index in [1.807, 2.05) is 31.3 Å². The van der Waals surface area contributed by atoms with Crippen LogP contribution >= 0.6 is 0 Å². The van der Waals surface area contributed by atoms with Gasteiger partial charge in [0.25, 0.3) is 0 Å². The molecule has 10 heteroatoms. The Balaban J connectivity index is 1.31. The first-order valence-electron chi connectivity index (χ1n) is 13.5. The van der Waals surface area contributed by atoms with Crippen molar-refractivity contribution in [3.05, 3.63) is 47.7 Å². The lowest BCUT2D eigenvalue weighted by Gasteiger charge is -2.24. The van der Waals surface area contributed by atoms with Crippen LogP contribution in [0, 0.1) is 0 Å². The normalized spacial score (nSPS) is 13.7. The van der Waals surface area contributed by atoms with Gasteiger partial charge in [0.15, 0.2) is 5.82 Å². The van der Waals surface area contributed by atoms with Crippen molar-refractivity contribution in [2.24, 2.45) is 7.05 Å². The Labute approximate surface area is 223 Å². The predicted octanol–water partition coefficient (Wildman–Crippen LogP) is 3.04. The van der Waals surface area contributed by atoms with Crippen LogP contribution in [-0.2, 0) is 29.5 Å². The van der Waals surface area contributed by atoms with Gasteiger partial charge in [0.1, 0.15) is 11.9 Å². The lowest BCUT2D eigenvalue weighted by atomic mass is 10.1. The average molecular weight is 522 g/mol. The Kier molecular flexibility index (Phi) is 9.53. The quantitative estimate of drug-likeness (QED) is 0.239. The number of nitrogens with one attached hydrogen (secondary N) is 3. The number of hydrogen-bond acceptors (Lipinski definition) is 7. The molecule has 1 amide bonds. The minimum Gasteiger partial charge on any atom is -0.480 e. The van der Waals surface area contributed by atoms with E-state index in [1.165, 1.54) is 12.5 Å². The van der Waals surface area contributed by atoms with E-state index in [4.69, 9.17) is 4.98 Å². The summed E-state index contributed by atoms with van der Waals surface area (Å²) in [5.41, 5.74) is 3.34. The third kappa shape index (κ3) is 7.44. The van der Waals surface area contributed by atoms with Crippen LogP contribution in [0.1, 0.15) is 43.9 Å². The first-order chi connectivity index (χ1) is 18.4. The lowest BCUT2D eigenvalue weighted by molar-refractivity contribution is -0.138. The summed E-state index contributed by atoms with van der Waals surface area (Å²) in [7, 11) is 1.85. The molecule has 4 N–H and O–H groups in total. The highest BCUT2D eigenvalue weighted by Gasteiger charge is 2.21. The van der Waals surface area contributed by atoms with E-state index in [0.29, 0.717) is 31.9 Å². The first-order valence-corrected chi connectivity index (χ1v) is 13.5. The van der Waals surface area contributed by atoms with E-state index < -0.39 is 12.0 Å². The summed E-state index contributed by atoms with van der Waals surface area (Å²) in [6.45, 7) is 5.10. The molecule has 204 valence electrons. The molecule has 1 aromatic carbocycles. The third-order valence-electron chi connectivity index (χ3n) is 7.01. The number of carboxylic acids is 1. The molecule has 0 saturated carbocycles. The van der Waals surface area contributed by atoms with Crippen LogP contribution < -0.4 is 16.0 Å². The highest BCUT2D eigenvalue weighted by molar-refractivity contribution is 5.91. The molecule has 0 radical (unpaired) electrons. The monoisotopic (exact) mass is 521 g/mol. The number of nitrogens with zero attached hydrogens (tertiary/aromatic N) is 4. The smallest absolute Gasteiger partial charge is 0.326 e. The first kappa shape index (κ1) is 27.4. The van der Waals surface area contributed by atoms with Gasteiger partial charge < -0.3 is 26.0 Å². The fourth-order valence-corrected chi connectivity index (χ4v) is 4.93. The number of hydrogen-bond donors (Lipinski definition) is 4. The van der Waals surface area contributed by atoms with Crippen LogP contribution in [0.2, 0.25) is 0 Å². The highest BCUT2D eigenvalue weighted by Crippen LogP contribution is 2.23. The molecule has 0 aliphatic carbocycles. The second-order valence-corrected chi connectivity index (χ2v) is 9.94. The standard InChI is InChI=1S/C28H39N7O3/c1-20(36)29-16-19-35(17-6-5-9-22-13-12-21-8-7-15-30-26(21)31-22)18-14-24(28(37)38)32-27-23-10-3-4-11-25(23)34(2)33-27/h3-4,10-13,24H,5-9,14-19H2,1-2H3,(H,29,36)(H,30,31)(H,32,33)(H,37,38)/t24-/m0/s1. The van der Waals surface area contributed by atoms with Crippen LogP contribution in [0.5, 0.6) is 0 Å². The summed E-state index contributed by atoms with van der Waals surface area (Å²) in [4.78, 5) is 30.5. The van der Waals surface area contributed by atoms with Gasteiger partial charge in [-0.2, -0.15) is 5.10 Å². The molecule has 0 saturated heterocycles. The van der Waals surface area contributed by atoms with E-state index in [1.54, 1.807) is 4.68 Å². The number of aryl methyl sites for hydroxylation is 3. The molecule has 2 aromatic heterocycles. The van der Waals surface area contributed by atoms with Crippen molar-refractivity contribution in [3.8, 4) is 0 Å². The third-order valence-corrected chi connectivity index (χ3v) is 7.01. The van der Waals surface area contributed by atoms with Crippen LogP contribution in [0.25, 0.3) is 10.9 Å². The molecule has 3 heterocycles. The van der Waals surface area contributed by atoms with Crippen molar-refractivity contribution in [3.63, 3.8) is 0 Å². The van der Waals surface area contributed by atoms with Gasteiger partial charge >= 0.3 is 5.97 Å². The number of amides is 1. The number of rotatable bonds is 14. The molecule has 1 aliphatic heterocycles. The minimum absolute atomic E-state index is 0.0656. The van der Waals surface area contributed by atoms with Crippen LogP contribution in [0.3, 0.4) is 0 Å². The van der Waals surface area contributed by atoms with Gasteiger partial charge in [-0.1, -0.05) is 18.2 Å². The summed E-state index contributed by atoms with van der Waals surface area (Å²) in [6, 6.07) is 11.3. The summed E-state index contributed by atoms with van der Waals surface area (Å²) < 4.78 is 1.75. The van der Waals surface area contributed by atoms with Gasteiger partial charge in [-0.05, 0) is 68.8 Å². The highest BCUT2D eigenvalue weighted by atomic mass is 16.4. The molecule has 0 unspecified atom stereocenters. The largest absolute Gasteiger partial charge is 0.480 e. The zero-order chi connectivity index (χ0) is 26.9. The SMILES string of the molecule is CC(=O)NCCN(CCCCc1ccc2c(n1)NCCC2)CC[C@H](Nc1nn(C)c2ccccc12)C(=O)O. The van der Waals surface area contributed by atoms with E-state index in [9.17, 15) is 14.7 Å². The summed E-state index contributed by atoms with van der Waals surface area (Å²) >= 11 is 0. The number of aliphatic carboxylic acids is 1. The van der Waals surface area contributed by atoms with Gasteiger partial charge in [0.05, 0.1) is 5.52 Å². The average Bonchev–Trinajstić information content (AvgIpc) is 3.23. The van der Waals surface area contributed by atoms with Gasteiger partial charge in [-0.25, -0.2) is 9.78 Å². The van der Waals surface area contributed by atoms with Crippen molar-refractivity contribution in [1.29, 1.82) is 0 Å². The van der Waals surface area contributed by atoms with Gasteiger partial charge in [0.2, 0.25) is 5.91 Å². The number of aromatic nitrogens is 3. The number of carbonyl (C=O) groups excluding carboxylic acids is 1. The number of carbonyl (C=O) groups is 2. The predicted molar refractivity (Wildman–Crippen MR) is 149 cm³/mol. The van der Waals surface area contributed by atoms with Crippen molar-refractivity contribution in [2.45, 2.75) is 51.5 Å². The Morgan fingerprint density at radius 1 is 1.16 bits per heavy atom. The Hall–Kier alpha value is -3.66. The Bertz CT molecular complexity index is 1240. The molecule has 38 heavy (non-hydrogen) atoms. The molecule has 0 bridgehead atoms. The second-order valence-electron chi connectivity index (χ2n) is 9.94. The number of benzene rings is 1. The maximum atomic E-state index is 12.1. The maximum absolute atomic E-state index is 12.1. The summed E-state index contributed by atoms with van der Waals surface area (Å²) in [5, 5.41) is 24.7. The molecule has 0 spiro atoms. The van der Waals surface area contributed by atoms with Gasteiger partial charge in [-0.3, -0.25) is 9.48 Å². The number of carboxylic acid groups (broad SMARTS) is 1.